The van der Waals surface area contributed by atoms with E-state index in [2.05, 4.69) is 65.8 Å². The molecule has 0 aliphatic heterocycles. The van der Waals surface area contributed by atoms with Gasteiger partial charge in [0.15, 0.2) is 12.2 Å². The van der Waals surface area contributed by atoms with E-state index >= 15 is 0 Å². The number of ether oxygens (including phenoxy) is 4. The minimum atomic E-state index is -4.97. The van der Waals surface area contributed by atoms with E-state index in [0.717, 1.165) is 121 Å². The van der Waals surface area contributed by atoms with Crippen LogP contribution in [0.15, 0.2) is 24.3 Å². The van der Waals surface area contributed by atoms with Gasteiger partial charge in [-0.3, -0.25) is 37.3 Å². The number of esters is 4. The van der Waals surface area contributed by atoms with Crippen LogP contribution in [0.4, 0.5) is 0 Å². The number of unbranched alkanes of at least 4 members (excludes halogenated alkanes) is 44. The molecule has 0 radical (unpaired) electrons. The third kappa shape index (κ3) is 72.5. The molecule has 0 rings (SSSR count). The number of aliphatic hydroxyl groups excluding tert-OH is 1. The maximum atomic E-state index is 13.1. The van der Waals surface area contributed by atoms with Crippen LogP contribution in [-0.2, 0) is 65.4 Å². The van der Waals surface area contributed by atoms with Gasteiger partial charge in [-0.05, 0) is 63.2 Å². The lowest BCUT2D eigenvalue weighted by Gasteiger charge is -2.21. The van der Waals surface area contributed by atoms with E-state index in [-0.39, 0.29) is 25.7 Å². The summed E-state index contributed by atoms with van der Waals surface area (Å²) in [6.45, 7) is 9.58. The first-order chi connectivity index (χ1) is 48.4. The van der Waals surface area contributed by atoms with Gasteiger partial charge in [0, 0.05) is 25.7 Å². The Hall–Kier alpha value is -2.46. The zero-order valence-corrected chi connectivity index (χ0v) is 66.8. The van der Waals surface area contributed by atoms with E-state index in [4.69, 9.17) is 37.0 Å². The molecule has 0 aromatic carbocycles. The van der Waals surface area contributed by atoms with Crippen molar-refractivity contribution in [3.8, 4) is 0 Å². The lowest BCUT2D eigenvalue weighted by atomic mass is 9.99. The fourth-order valence-electron chi connectivity index (χ4n) is 12.0. The Balaban J connectivity index is 5.30. The summed E-state index contributed by atoms with van der Waals surface area (Å²) in [7, 11) is -9.93. The van der Waals surface area contributed by atoms with Gasteiger partial charge in [-0.15, -0.1) is 0 Å². The van der Waals surface area contributed by atoms with E-state index in [1.165, 1.54) is 199 Å². The third-order valence-corrected chi connectivity index (χ3v) is 20.6. The first kappa shape index (κ1) is 97.5. The van der Waals surface area contributed by atoms with Crippen molar-refractivity contribution in [1.29, 1.82) is 0 Å². The first-order valence-electron chi connectivity index (χ1n) is 41.3. The number of carbonyl (C=O) groups excluding carboxylic acids is 4. The predicted octanol–water partition coefficient (Wildman–Crippen LogP) is 23.8. The second-order valence-electron chi connectivity index (χ2n) is 29.2. The van der Waals surface area contributed by atoms with E-state index < -0.39 is 97.5 Å². The molecule has 6 atom stereocenters. The Labute approximate surface area is 612 Å². The van der Waals surface area contributed by atoms with Crippen molar-refractivity contribution in [2.45, 2.75) is 419 Å². The molecule has 0 aromatic heterocycles. The van der Waals surface area contributed by atoms with Crippen LogP contribution in [0.5, 0.6) is 0 Å². The highest BCUT2D eigenvalue weighted by Crippen LogP contribution is 2.45. The molecule has 590 valence electrons. The molecule has 0 saturated carbocycles. The number of carbonyl (C=O) groups is 4. The van der Waals surface area contributed by atoms with E-state index in [0.29, 0.717) is 25.7 Å². The summed E-state index contributed by atoms with van der Waals surface area (Å²) in [6.07, 6.45) is 64.5. The average molecular weight is 1460 g/mol. The summed E-state index contributed by atoms with van der Waals surface area (Å²) >= 11 is 0. The molecule has 0 spiro atoms. The molecule has 0 fully saturated rings. The van der Waals surface area contributed by atoms with E-state index in [1.54, 1.807) is 0 Å². The molecule has 0 aromatic rings. The van der Waals surface area contributed by atoms with Gasteiger partial charge in [-0.2, -0.15) is 0 Å². The van der Waals surface area contributed by atoms with Crippen LogP contribution in [-0.4, -0.2) is 96.7 Å². The van der Waals surface area contributed by atoms with Gasteiger partial charge in [-0.1, -0.05) is 348 Å². The molecule has 3 unspecified atom stereocenters. The number of hydrogen-bond donors (Lipinski definition) is 3. The smallest absolute Gasteiger partial charge is 0.462 e. The molecular weight excluding hydrogens is 1310 g/mol. The second-order valence-corrected chi connectivity index (χ2v) is 32.1. The normalized spacial score (nSPS) is 14.3. The fourth-order valence-corrected chi connectivity index (χ4v) is 13.5. The molecule has 17 nitrogen and oxygen atoms in total. The summed E-state index contributed by atoms with van der Waals surface area (Å²) in [5, 5.41) is 10.6. The molecule has 3 N–H and O–H groups in total. The number of phosphoric acid groups is 2. The average Bonchev–Trinajstić information content (AvgIpc) is 1.19. The molecule has 19 heteroatoms. The number of phosphoric ester groups is 2. The Morgan fingerprint density at radius 2 is 0.590 bits per heavy atom. The number of aliphatic hydroxyl groups is 1. The maximum Gasteiger partial charge on any atom is 0.472 e. The Kier molecular flexibility index (Phi) is 70.3. The van der Waals surface area contributed by atoms with Gasteiger partial charge in [0.05, 0.1) is 26.4 Å². The summed E-state index contributed by atoms with van der Waals surface area (Å²) in [5.74, 6) is -0.588. The summed E-state index contributed by atoms with van der Waals surface area (Å²) in [4.78, 5) is 73.0. The van der Waals surface area contributed by atoms with E-state index in [1.807, 2.05) is 0 Å². The largest absolute Gasteiger partial charge is 0.472 e. The Morgan fingerprint density at radius 1 is 0.330 bits per heavy atom. The highest BCUT2D eigenvalue weighted by molar-refractivity contribution is 7.47. The van der Waals surface area contributed by atoms with Crippen LogP contribution >= 0.6 is 15.6 Å². The Bertz CT molecular complexity index is 2020. The summed E-state index contributed by atoms with van der Waals surface area (Å²) < 4.78 is 68.7. The highest BCUT2D eigenvalue weighted by atomic mass is 31.2. The van der Waals surface area contributed by atoms with Crippen LogP contribution in [0.25, 0.3) is 0 Å². The van der Waals surface area contributed by atoms with Crippen molar-refractivity contribution < 1.29 is 80.2 Å². The molecule has 0 aliphatic carbocycles. The second kappa shape index (κ2) is 72.1. The third-order valence-electron chi connectivity index (χ3n) is 18.7. The van der Waals surface area contributed by atoms with Crippen molar-refractivity contribution in [1.82, 2.24) is 0 Å². The summed E-state index contributed by atoms with van der Waals surface area (Å²) in [5.41, 5.74) is 0. The van der Waals surface area contributed by atoms with Gasteiger partial charge >= 0.3 is 39.5 Å². The molecule has 0 saturated heterocycles. The topological polar surface area (TPSA) is 237 Å². The number of rotatable bonds is 78. The Morgan fingerprint density at radius 3 is 0.900 bits per heavy atom. The van der Waals surface area contributed by atoms with Crippen LogP contribution in [0.1, 0.15) is 401 Å². The molecule has 0 bridgehead atoms. The van der Waals surface area contributed by atoms with Crippen LogP contribution < -0.4 is 0 Å². The SMILES string of the molecule is CCCCCC/C=C\C=C/CCCCCCCC(=O)OC[C@H](COP(=O)(O)OC[C@@H](O)COP(=O)(O)OC[C@@H](COC(=O)CCCCCCCCCCC(C)CC)OC(=O)CCCCCCCCCCCCCCC(C)C)OC(=O)CCCCCCCCCCCCCCCCCCCC. The molecular formula is C81H154O17P2. The van der Waals surface area contributed by atoms with Crippen molar-refractivity contribution in [3.05, 3.63) is 24.3 Å². The van der Waals surface area contributed by atoms with Crippen molar-refractivity contribution in [2.75, 3.05) is 39.6 Å². The van der Waals surface area contributed by atoms with Gasteiger partial charge in [0.1, 0.15) is 19.3 Å². The highest BCUT2D eigenvalue weighted by Gasteiger charge is 2.30. The molecule has 100 heavy (non-hydrogen) atoms. The fraction of sp³-hybridized carbons (Fsp3) is 0.901. The lowest BCUT2D eigenvalue weighted by molar-refractivity contribution is -0.161. The number of allylic oxidation sites excluding steroid dienone is 4. The zero-order valence-electron chi connectivity index (χ0n) is 65.0. The summed E-state index contributed by atoms with van der Waals surface area (Å²) in [6, 6.07) is 0. The van der Waals surface area contributed by atoms with Crippen LogP contribution in [0.2, 0.25) is 0 Å². The number of hydrogen-bond acceptors (Lipinski definition) is 15. The monoisotopic (exact) mass is 1460 g/mol. The van der Waals surface area contributed by atoms with E-state index in [9.17, 15) is 43.2 Å². The minimum Gasteiger partial charge on any atom is -0.462 e. The van der Waals surface area contributed by atoms with Crippen LogP contribution in [0.3, 0.4) is 0 Å². The standard InChI is InChI=1S/C81H154O17P2/c1-7-10-12-14-16-18-20-22-24-25-26-28-30-35-39-47-53-59-65-80(85)97-76(69-91-78(83)63-57-51-45-38-34-29-27-23-21-19-17-15-13-11-8-2)71-95-99(87,88)93-67-75(82)68-94-100(89,90)96-72-77(70-92-79(84)64-58-52-46-42-41-44-50-56-62-74(6)9-3)98-81(86)66-60-54-48-40-36-32-31-33-37-43-49-55-61-73(4)5/h19,21,23,27,73-77,82H,7-18,20,22,24-26,28-72H2,1-6H3,(H,87,88)(H,89,90)/b21-19-,27-23-/t74?,75-,76-,77-/m1/s1. The quantitative estimate of drug-likeness (QED) is 0.0169. The minimum absolute atomic E-state index is 0.102. The van der Waals surface area contributed by atoms with Gasteiger partial charge in [-0.25, -0.2) is 9.13 Å². The van der Waals surface area contributed by atoms with Crippen molar-refractivity contribution in [3.63, 3.8) is 0 Å². The molecule has 0 amide bonds. The van der Waals surface area contributed by atoms with Gasteiger partial charge in [0.25, 0.3) is 0 Å². The zero-order chi connectivity index (χ0) is 73.5. The van der Waals surface area contributed by atoms with Gasteiger partial charge in [0.2, 0.25) is 0 Å². The van der Waals surface area contributed by atoms with Crippen molar-refractivity contribution in [2.24, 2.45) is 11.8 Å². The predicted molar refractivity (Wildman–Crippen MR) is 409 cm³/mol. The first-order valence-corrected chi connectivity index (χ1v) is 44.3. The van der Waals surface area contributed by atoms with Crippen LogP contribution in [0, 0.1) is 11.8 Å². The maximum absolute atomic E-state index is 13.1. The lowest BCUT2D eigenvalue weighted by Crippen LogP contribution is -2.30. The molecule has 0 heterocycles. The molecule has 0 aliphatic rings. The van der Waals surface area contributed by atoms with Crippen molar-refractivity contribution >= 4 is 39.5 Å². The van der Waals surface area contributed by atoms with Gasteiger partial charge < -0.3 is 33.8 Å².